The summed E-state index contributed by atoms with van der Waals surface area (Å²) in [7, 11) is 1.86. The second-order valence-corrected chi connectivity index (χ2v) is 5.51. The summed E-state index contributed by atoms with van der Waals surface area (Å²) in [5.74, 6) is 0.851. The Morgan fingerprint density at radius 2 is 1.71 bits per heavy atom. The Morgan fingerprint density at radius 3 is 2.33 bits per heavy atom. The predicted octanol–water partition coefficient (Wildman–Crippen LogP) is 2.20. The molecule has 1 aliphatic carbocycles. The predicted molar refractivity (Wildman–Crippen MR) is 78.6 cm³/mol. The molecule has 0 aliphatic heterocycles. The van der Waals surface area contributed by atoms with Crippen LogP contribution >= 0.6 is 0 Å². The third-order valence-electron chi connectivity index (χ3n) is 4.29. The van der Waals surface area contributed by atoms with Crippen LogP contribution < -0.4 is 4.57 Å². The summed E-state index contributed by atoms with van der Waals surface area (Å²) in [6.45, 7) is 4.85. The number of hydrogen-bond donors (Lipinski definition) is 0. The van der Waals surface area contributed by atoms with Gasteiger partial charge in [0, 0.05) is 18.1 Å². The number of nitrogens with zero attached hydrogens (tertiary/aromatic N) is 2. The number of carbonyl (C=O) groups excluding carboxylic acids is 2. The van der Waals surface area contributed by atoms with Gasteiger partial charge in [-0.15, -0.1) is 0 Å². The van der Waals surface area contributed by atoms with Gasteiger partial charge in [0.1, 0.15) is 0 Å². The Morgan fingerprint density at radius 1 is 1.10 bits per heavy atom. The molecule has 0 unspecified atom stereocenters. The van der Waals surface area contributed by atoms with E-state index in [0.29, 0.717) is 22.5 Å². The van der Waals surface area contributed by atoms with E-state index in [1.54, 1.807) is 24.3 Å². The smallest absolute Gasteiger partial charge is 0.254 e. The molecular weight excluding hydrogens is 264 g/mol. The number of benzene rings is 1. The minimum absolute atomic E-state index is 0.0417. The van der Waals surface area contributed by atoms with Crippen LogP contribution in [-0.4, -0.2) is 16.1 Å². The van der Waals surface area contributed by atoms with Crippen molar-refractivity contribution >= 4 is 11.6 Å². The van der Waals surface area contributed by atoms with Crippen LogP contribution in [0.4, 0.5) is 0 Å². The van der Waals surface area contributed by atoms with Crippen molar-refractivity contribution in [3.05, 3.63) is 52.6 Å². The molecule has 21 heavy (non-hydrogen) atoms. The Bertz CT molecular complexity index is 756. The van der Waals surface area contributed by atoms with E-state index in [1.807, 2.05) is 23.1 Å². The minimum Gasteiger partial charge on any atom is -0.284 e. The van der Waals surface area contributed by atoms with E-state index < -0.39 is 0 Å². The zero-order valence-electron chi connectivity index (χ0n) is 12.6. The maximum atomic E-state index is 12.8. The summed E-state index contributed by atoms with van der Waals surface area (Å²) >= 11 is 0. The number of carbonyl (C=O) groups is 2. The fourth-order valence-corrected chi connectivity index (χ4v) is 3.01. The maximum Gasteiger partial charge on any atom is 0.254 e. The lowest BCUT2D eigenvalue weighted by Gasteiger charge is -2.12. The first-order chi connectivity index (χ1) is 10.1. The highest BCUT2D eigenvalue weighted by atomic mass is 16.1. The molecule has 0 saturated heterocycles. The van der Waals surface area contributed by atoms with Crippen LogP contribution in [0.3, 0.4) is 0 Å². The fourth-order valence-electron chi connectivity index (χ4n) is 3.01. The van der Waals surface area contributed by atoms with Gasteiger partial charge >= 0.3 is 0 Å². The molecule has 0 N–H and O–H groups in total. The van der Waals surface area contributed by atoms with E-state index in [0.717, 1.165) is 25.2 Å². The van der Waals surface area contributed by atoms with Crippen molar-refractivity contribution in [3.63, 3.8) is 0 Å². The Kier molecular flexibility index (Phi) is 3.24. The van der Waals surface area contributed by atoms with Crippen molar-refractivity contribution < 1.29 is 14.2 Å². The number of imidazole rings is 1. The molecule has 0 saturated carbocycles. The summed E-state index contributed by atoms with van der Waals surface area (Å²) < 4.78 is 3.84. The molecule has 1 aromatic heterocycles. The average molecular weight is 283 g/mol. The summed E-state index contributed by atoms with van der Waals surface area (Å²) in [6, 6.07) is 7.08. The summed E-state index contributed by atoms with van der Waals surface area (Å²) in [5.41, 5.74) is 2.10. The van der Waals surface area contributed by atoms with Crippen LogP contribution in [0.15, 0.2) is 24.3 Å². The molecule has 0 bridgehead atoms. The van der Waals surface area contributed by atoms with Crippen LogP contribution in [0.25, 0.3) is 0 Å². The van der Waals surface area contributed by atoms with Gasteiger partial charge in [-0.2, -0.15) is 0 Å². The molecule has 4 nitrogen and oxygen atoms in total. The van der Waals surface area contributed by atoms with E-state index in [4.69, 9.17) is 0 Å². The third-order valence-corrected chi connectivity index (χ3v) is 4.29. The van der Waals surface area contributed by atoms with Gasteiger partial charge in [0.25, 0.3) is 5.82 Å². The maximum absolute atomic E-state index is 12.8. The van der Waals surface area contributed by atoms with Gasteiger partial charge < -0.3 is 0 Å². The number of unbranched alkanes of at least 4 members (excludes halogenated alkanes) is 1. The molecule has 1 aliphatic rings. The van der Waals surface area contributed by atoms with Crippen molar-refractivity contribution in [2.24, 2.45) is 7.05 Å². The molecule has 3 rings (SSSR count). The molecule has 0 spiro atoms. The van der Waals surface area contributed by atoms with Gasteiger partial charge in [-0.1, -0.05) is 37.6 Å². The molecule has 0 atom stereocenters. The minimum atomic E-state index is -0.0546. The van der Waals surface area contributed by atoms with Crippen LogP contribution in [0.2, 0.25) is 0 Å². The monoisotopic (exact) mass is 283 g/mol. The van der Waals surface area contributed by atoms with E-state index >= 15 is 0 Å². The fraction of sp³-hybridized carbons (Fsp3) is 0.353. The highest BCUT2D eigenvalue weighted by molar-refractivity contribution is 6.26. The number of fused-ring (bicyclic) bond motifs is 2. The number of hydrogen-bond acceptors (Lipinski definition) is 2. The van der Waals surface area contributed by atoms with Crippen molar-refractivity contribution in [2.45, 2.75) is 33.2 Å². The SMILES string of the molecule is CCCCn1c2c([n+](C)c1C)C(=O)c1ccccc1C2=O. The lowest BCUT2D eigenvalue weighted by Crippen LogP contribution is -2.39. The van der Waals surface area contributed by atoms with E-state index in [-0.39, 0.29) is 11.6 Å². The first kappa shape index (κ1) is 13.7. The molecular formula is C17H19N2O2+. The number of ketones is 2. The first-order valence-corrected chi connectivity index (χ1v) is 7.35. The third kappa shape index (κ3) is 1.86. The van der Waals surface area contributed by atoms with Crippen LogP contribution in [-0.2, 0) is 13.6 Å². The quantitative estimate of drug-likeness (QED) is 0.692. The Balaban J connectivity index is 2.25. The van der Waals surface area contributed by atoms with E-state index in [1.165, 1.54) is 0 Å². The Labute approximate surface area is 124 Å². The molecule has 108 valence electrons. The second kappa shape index (κ2) is 4.95. The zero-order chi connectivity index (χ0) is 15.1. The van der Waals surface area contributed by atoms with Crippen molar-refractivity contribution in [1.82, 2.24) is 4.57 Å². The number of rotatable bonds is 3. The van der Waals surface area contributed by atoms with Crippen molar-refractivity contribution in [3.8, 4) is 0 Å². The van der Waals surface area contributed by atoms with Crippen LogP contribution in [0.1, 0.15) is 57.7 Å². The van der Waals surface area contributed by atoms with Gasteiger partial charge in [-0.05, 0) is 6.42 Å². The number of aromatic nitrogens is 2. The standard InChI is InChI=1S/C17H19N2O2/c1-4-5-10-19-11(2)18(3)14-15(19)17(21)13-9-7-6-8-12(13)16(14)20/h6-9H,4-5,10H2,1-3H3/q+1. The van der Waals surface area contributed by atoms with Crippen LogP contribution in [0, 0.1) is 6.92 Å². The first-order valence-electron chi connectivity index (χ1n) is 7.35. The lowest BCUT2D eigenvalue weighted by atomic mass is 9.90. The zero-order valence-corrected chi connectivity index (χ0v) is 12.6. The molecule has 0 fully saturated rings. The van der Waals surface area contributed by atoms with Gasteiger partial charge in [0.2, 0.25) is 23.0 Å². The lowest BCUT2D eigenvalue weighted by molar-refractivity contribution is -0.679. The molecule has 0 radical (unpaired) electrons. The summed E-state index contributed by atoms with van der Waals surface area (Å²) in [4.78, 5) is 25.5. The van der Waals surface area contributed by atoms with Crippen molar-refractivity contribution in [2.75, 3.05) is 0 Å². The molecule has 1 aromatic carbocycles. The van der Waals surface area contributed by atoms with Gasteiger partial charge in [-0.3, -0.25) is 9.59 Å². The van der Waals surface area contributed by atoms with Gasteiger partial charge in [0.15, 0.2) is 0 Å². The Hall–Kier alpha value is -2.23. The second-order valence-electron chi connectivity index (χ2n) is 5.51. The molecule has 1 heterocycles. The normalized spacial score (nSPS) is 13.3. The van der Waals surface area contributed by atoms with E-state index in [2.05, 4.69) is 6.92 Å². The van der Waals surface area contributed by atoms with E-state index in [9.17, 15) is 9.59 Å². The summed E-state index contributed by atoms with van der Waals surface area (Å²) in [5, 5.41) is 0. The van der Waals surface area contributed by atoms with Gasteiger partial charge in [-0.25, -0.2) is 9.13 Å². The van der Waals surface area contributed by atoms with Gasteiger partial charge in [0.05, 0.1) is 13.6 Å². The highest BCUT2D eigenvalue weighted by Gasteiger charge is 2.41. The van der Waals surface area contributed by atoms with Crippen LogP contribution in [0.5, 0.6) is 0 Å². The largest absolute Gasteiger partial charge is 0.284 e. The summed E-state index contributed by atoms with van der Waals surface area (Å²) in [6.07, 6.45) is 2.04. The topological polar surface area (TPSA) is 43.0 Å². The highest BCUT2D eigenvalue weighted by Crippen LogP contribution is 2.26. The molecule has 4 heteroatoms. The average Bonchev–Trinajstić information content (AvgIpc) is 2.75. The molecule has 0 amide bonds. The van der Waals surface area contributed by atoms with Crippen molar-refractivity contribution in [1.29, 1.82) is 0 Å². The molecule has 2 aromatic rings.